The normalized spacial score (nSPS) is 29.9. The number of aliphatic carboxylic acids is 1. The minimum absolute atomic E-state index is 0.340. The van der Waals surface area contributed by atoms with Gasteiger partial charge in [-0.15, -0.1) is 0 Å². The number of ether oxygens (including phenoxy) is 1. The molecule has 0 saturated carbocycles. The lowest BCUT2D eigenvalue weighted by atomic mass is 9.95. The van der Waals surface area contributed by atoms with Gasteiger partial charge in [-0.05, 0) is 31.5 Å². The summed E-state index contributed by atoms with van der Waals surface area (Å²) in [5, 5.41) is 17.5. The number of hydrogen-bond acceptors (Lipinski definition) is 4. The lowest BCUT2D eigenvalue weighted by Crippen LogP contribution is -2.52. The first kappa shape index (κ1) is 11.9. The summed E-state index contributed by atoms with van der Waals surface area (Å²) in [4.78, 5) is 12.9. The van der Waals surface area contributed by atoms with Crippen LogP contribution in [0.5, 0.6) is 0 Å². The first-order chi connectivity index (χ1) is 8.22. The molecular weight excluding hydrogens is 220 g/mol. The maximum atomic E-state index is 10.7. The second kappa shape index (κ2) is 5.19. The van der Waals surface area contributed by atoms with Crippen molar-refractivity contribution in [1.82, 2.24) is 4.90 Å². The minimum Gasteiger partial charge on any atom is -0.480 e. The van der Waals surface area contributed by atoms with E-state index in [-0.39, 0.29) is 0 Å². The number of nitriles is 1. The van der Waals surface area contributed by atoms with Crippen molar-refractivity contribution in [1.29, 1.82) is 5.26 Å². The number of rotatable bonds is 3. The summed E-state index contributed by atoms with van der Waals surface area (Å²) in [5.41, 5.74) is 0. The van der Waals surface area contributed by atoms with Gasteiger partial charge in [0.25, 0.3) is 0 Å². The van der Waals surface area contributed by atoms with E-state index in [2.05, 4.69) is 4.90 Å². The van der Waals surface area contributed by atoms with Crippen LogP contribution in [0.2, 0.25) is 0 Å². The van der Waals surface area contributed by atoms with E-state index in [0.717, 1.165) is 12.8 Å². The van der Waals surface area contributed by atoms with Gasteiger partial charge in [0, 0.05) is 0 Å². The Morgan fingerprint density at radius 1 is 1.47 bits per heavy atom. The highest BCUT2D eigenvalue weighted by Gasteiger charge is 2.32. The molecule has 5 nitrogen and oxygen atoms in total. The van der Waals surface area contributed by atoms with Crippen molar-refractivity contribution in [3.8, 4) is 6.07 Å². The Labute approximate surface area is 100 Å². The Hall–Kier alpha value is -1.54. The van der Waals surface area contributed by atoms with Gasteiger partial charge in [0.05, 0.1) is 31.4 Å². The smallest absolute Gasteiger partial charge is 0.324 e. The Bertz CT molecular complexity index is 339. The number of hydrogen-bond donors (Lipinski definition) is 1. The molecule has 2 heterocycles. The van der Waals surface area contributed by atoms with E-state index < -0.39 is 11.9 Å². The summed E-state index contributed by atoms with van der Waals surface area (Å²) in [5.74, 6) is -2.15. The Morgan fingerprint density at radius 2 is 2.12 bits per heavy atom. The fourth-order valence-corrected chi connectivity index (χ4v) is 2.47. The van der Waals surface area contributed by atoms with Gasteiger partial charge in [0.15, 0.2) is 5.92 Å². The van der Waals surface area contributed by atoms with Crippen molar-refractivity contribution in [3.05, 3.63) is 12.3 Å². The van der Waals surface area contributed by atoms with E-state index in [1.54, 1.807) is 12.3 Å². The Morgan fingerprint density at radius 3 is 2.65 bits per heavy atom. The van der Waals surface area contributed by atoms with Gasteiger partial charge in [-0.25, -0.2) is 0 Å². The van der Waals surface area contributed by atoms with Crippen LogP contribution in [0, 0.1) is 17.2 Å². The highest BCUT2D eigenvalue weighted by Crippen LogP contribution is 2.27. The average Bonchev–Trinajstić information content (AvgIpc) is 2.28. The third-order valence-electron chi connectivity index (χ3n) is 3.39. The first-order valence-electron chi connectivity index (χ1n) is 5.88. The van der Waals surface area contributed by atoms with Crippen LogP contribution in [0.15, 0.2) is 12.3 Å². The van der Waals surface area contributed by atoms with Crippen molar-refractivity contribution < 1.29 is 14.6 Å². The molecule has 0 aromatic heterocycles. The predicted molar refractivity (Wildman–Crippen MR) is 60.0 cm³/mol. The summed E-state index contributed by atoms with van der Waals surface area (Å²) >= 11 is 0. The molecule has 2 rings (SSSR count). The van der Waals surface area contributed by atoms with Crippen LogP contribution < -0.4 is 0 Å². The predicted octanol–water partition coefficient (Wildman–Crippen LogP) is 0.978. The van der Waals surface area contributed by atoms with Crippen LogP contribution in [-0.2, 0) is 9.53 Å². The molecule has 2 aliphatic rings. The highest BCUT2D eigenvalue weighted by atomic mass is 16.5. The van der Waals surface area contributed by atoms with E-state index in [4.69, 9.17) is 15.1 Å². The topological polar surface area (TPSA) is 73.6 Å². The van der Waals surface area contributed by atoms with Crippen LogP contribution >= 0.6 is 0 Å². The SMILES string of the molecule is N#CC(/C=C/N1C2CCCC1COC2)C(=O)O. The minimum atomic E-state index is -1.10. The van der Waals surface area contributed by atoms with Gasteiger partial charge < -0.3 is 14.7 Å². The molecule has 0 spiro atoms. The number of fused-ring (bicyclic) bond motifs is 2. The molecule has 5 heteroatoms. The molecule has 1 N–H and O–H groups in total. The van der Waals surface area contributed by atoms with E-state index >= 15 is 0 Å². The number of carboxylic acid groups (broad SMARTS) is 1. The van der Waals surface area contributed by atoms with Crippen molar-refractivity contribution in [2.75, 3.05) is 13.2 Å². The molecule has 0 aliphatic carbocycles. The largest absolute Gasteiger partial charge is 0.480 e. The standard InChI is InChI=1S/C12H16N2O3/c13-6-9(12(15)16)4-5-14-10-2-1-3-11(14)8-17-7-10/h4-5,9-11H,1-3,7-8H2,(H,15,16)/b5-4+. The molecule has 2 bridgehead atoms. The summed E-state index contributed by atoms with van der Waals surface area (Å²) in [6.45, 7) is 1.40. The molecule has 2 aliphatic heterocycles. The molecule has 2 saturated heterocycles. The number of nitrogens with zero attached hydrogens (tertiary/aromatic N) is 2. The zero-order valence-electron chi connectivity index (χ0n) is 9.58. The number of piperidine rings is 1. The van der Waals surface area contributed by atoms with Crippen molar-refractivity contribution in [3.63, 3.8) is 0 Å². The summed E-state index contributed by atoms with van der Waals surface area (Å²) in [7, 11) is 0. The zero-order valence-corrected chi connectivity index (χ0v) is 9.58. The van der Waals surface area contributed by atoms with Crippen LogP contribution in [-0.4, -0.2) is 41.3 Å². The van der Waals surface area contributed by atoms with Crippen molar-refractivity contribution in [2.45, 2.75) is 31.3 Å². The summed E-state index contributed by atoms with van der Waals surface area (Å²) in [6.07, 6.45) is 6.60. The fourth-order valence-electron chi connectivity index (χ4n) is 2.47. The number of carbonyl (C=O) groups is 1. The molecule has 0 amide bonds. The second-order valence-electron chi connectivity index (χ2n) is 4.51. The lowest BCUT2D eigenvalue weighted by molar-refractivity contribution is -0.138. The molecule has 0 aromatic carbocycles. The second-order valence-corrected chi connectivity index (χ2v) is 4.51. The summed E-state index contributed by atoms with van der Waals surface area (Å²) in [6, 6.07) is 2.44. The van der Waals surface area contributed by atoms with E-state index in [9.17, 15) is 4.79 Å². The fraction of sp³-hybridized carbons (Fsp3) is 0.667. The highest BCUT2D eigenvalue weighted by molar-refractivity contribution is 5.75. The third-order valence-corrected chi connectivity index (χ3v) is 3.39. The molecule has 3 unspecified atom stereocenters. The van der Waals surface area contributed by atoms with Crippen LogP contribution in [0.3, 0.4) is 0 Å². The van der Waals surface area contributed by atoms with E-state index in [1.807, 2.05) is 0 Å². The van der Waals surface area contributed by atoms with Crippen molar-refractivity contribution in [2.24, 2.45) is 5.92 Å². The maximum absolute atomic E-state index is 10.7. The molecule has 3 atom stereocenters. The molecule has 0 radical (unpaired) electrons. The maximum Gasteiger partial charge on any atom is 0.324 e. The molecule has 92 valence electrons. The molecule has 17 heavy (non-hydrogen) atoms. The zero-order chi connectivity index (χ0) is 12.3. The molecule has 0 aromatic rings. The summed E-state index contributed by atoms with van der Waals surface area (Å²) < 4.78 is 5.49. The monoisotopic (exact) mass is 236 g/mol. The van der Waals surface area contributed by atoms with Gasteiger partial charge in [0.1, 0.15) is 0 Å². The number of carboxylic acids is 1. The van der Waals surface area contributed by atoms with Gasteiger partial charge in [-0.3, -0.25) is 4.79 Å². The first-order valence-corrected chi connectivity index (χ1v) is 5.88. The molecule has 2 fully saturated rings. The van der Waals surface area contributed by atoms with Gasteiger partial charge in [0.2, 0.25) is 0 Å². The lowest BCUT2D eigenvalue weighted by Gasteiger charge is -2.45. The van der Waals surface area contributed by atoms with Crippen LogP contribution in [0.1, 0.15) is 19.3 Å². The number of morpholine rings is 1. The van der Waals surface area contributed by atoms with Crippen LogP contribution in [0.25, 0.3) is 0 Å². The third kappa shape index (κ3) is 2.59. The van der Waals surface area contributed by atoms with Gasteiger partial charge in [-0.1, -0.05) is 0 Å². The average molecular weight is 236 g/mol. The Balaban J connectivity index is 2.04. The van der Waals surface area contributed by atoms with Gasteiger partial charge in [-0.2, -0.15) is 5.26 Å². The quantitative estimate of drug-likeness (QED) is 0.790. The van der Waals surface area contributed by atoms with Crippen LogP contribution in [0.4, 0.5) is 0 Å². The van der Waals surface area contributed by atoms with Gasteiger partial charge >= 0.3 is 5.97 Å². The molecular formula is C12H16N2O3. The van der Waals surface area contributed by atoms with E-state index in [1.165, 1.54) is 12.5 Å². The van der Waals surface area contributed by atoms with Crippen molar-refractivity contribution >= 4 is 5.97 Å². The van der Waals surface area contributed by atoms with E-state index in [0.29, 0.717) is 25.3 Å². The Kier molecular flexibility index (Phi) is 3.64.